The topological polar surface area (TPSA) is 66.1 Å². The molecule has 4 rings (SSSR count). The maximum atomic E-state index is 14.5. The highest BCUT2D eigenvalue weighted by Gasteiger charge is 2.48. The Balaban J connectivity index is 1.93. The number of sulfone groups is 1. The molecule has 1 aromatic heterocycles. The molecule has 1 aliphatic rings. The quantitative estimate of drug-likeness (QED) is 0.634. The molecule has 0 aliphatic carbocycles. The number of H-pyrrole nitrogens is 1. The van der Waals surface area contributed by atoms with Crippen LogP contribution in [-0.4, -0.2) is 30.7 Å². The minimum Gasteiger partial charge on any atom is -0.338 e. The van der Waals surface area contributed by atoms with Gasteiger partial charge >= 0.3 is 5.51 Å². The van der Waals surface area contributed by atoms with E-state index >= 15 is 0 Å². The van der Waals surface area contributed by atoms with Crippen LogP contribution in [0.4, 0.5) is 33.3 Å². The molecule has 1 N–H and O–H groups in total. The second kappa shape index (κ2) is 6.16. The van der Waals surface area contributed by atoms with Gasteiger partial charge in [-0.25, -0.2) is 17.2 Å². The van der Waals surface area contributed by atoms with Crippen LogP contribution in [0.1, 0.15) is 12.0 Å². The van der Waals surface area contributed by atoms with Crippen molar-refractivity contribution in [3.63, 3.8) is 0 Å². The third-order valence-corrected chi connectivity index (χ3v) is 6.17. The third kappa shape index (κ3) is 2.72. The molecule has 0 bridgehead atoms. The molecule has 0 saturated heterocycles. The second-order valence-corrected chi connectivity index (χ2v) is 8.25. The molecular formula is C17H12F5N3O2S. The number of rotatable bonds is 2. The molecule has 0 amide bonds. The normalized spacial score (nSPS) is 15.1. The van der Waals surface area contributed by atoms with E-state index in [-0.39, 0.29) is 22.3 Å². The van der Waals surface area contributed by atoms with Crippen molar-refractivity contribution in [2.75, 3.05) is 11.4 Å². The fourth-order valence-electron chi connectivity index (χ4n) is 3.47. The van der Waals surface area contributed by atoms with E-state index < -0.39 is 31.9 Å². The summed E-state index contributed by atoms with van der Waals surface area (Å²) in [5.74, 6) is -1.53. The van der Waals surface area contributed by atoms with E-state index in [2.05, 4.69) is 10.2 Å². The van der Waals surface area contributed by atoms with Gasteiger partial charge in [-0.3, -0.25) is 5.10 Å². The number of anilines is 2. The SMILES string of the molecule is O=S(=O)(c1ccc(N2CCCc3cc(F)cc(F)c32)c2cn[nH]c12)C(F)(F)F. The van der Waals surface area contributed by atoms with Gasteiger partial charge in [0, 0.05) is 18.0 Å². The Bertz CT molecular complexity index is 1190. The smallest absolute Gasteiger partial charge is 0.338 e. The molecular weight excluding hydrogens is 405 g/mol. The van der Waals surface area contributed by atoms with Crippen LogP contribution in [0.3, 0.4) is 0 Å². The van der Waals surface area contributed by atoms with E-state index in [1.807, 2.05) is 0 Å². The molecule has 0 unspecified atom stereocenters. The molecule has 0 spiro atoms. The van der Waals surface area contributed by atoms with Crippen LogP contribution < -0.4 is 4.90 Å². The van der Waals surface area contributed by atoms with E-state index in [1.165, 1.54) is 23.2 Å². The number of halogens is 5. The molecule has 5 nitrogen and oxygen atoms in total. The van der Waals surface area contributed by atoms with Crippen LogP contribution in [0.25, 0.3) is 10.9 Å². The highest BCUT2D eigenvalue weighted by Crippen LogP contribution is 2.42. The predicted octanol–water partition coefficient (Wildman–Crippen LogP) is 4.22. The van der Waals surface area contributed by atoms with Crippen LogP contribution in [0, 0.1) is 11.6 Å². The van der Waals surface area contributed by atoms with Crippen LogP contribution in [0.5, 0.6) is 0 Å². The molecule has 0 atom stereocenters. The molecule has 3 aromatic rings. The Hall–Kier alpha value is -2.69. The Morgan fingerprint density at radius 2 is 1.89 bits per heavy atom. The number of fused-ring (bicyclic) bond motifs is 2. The van der Waals surface area contributed by atoms with E-state index in [0.717, 1.165) is 12.1 Å². The lowest BCUT2D eigenvalue weighted by molar-refractivity contribution is -0.0435. The minimum atomic E-state index is -5.61. The Morgan fingerprint density at radius 1 is 1.14 bits per heavy atom. The molecule has 11 heteroatoms. The summed E-state index contributed by atoms with van der Waals surface area (Å²) < 4.78 is 90.7. The number of aromatic amines is 1. The molecule has 2 heterocycles. The first-order valence-electron chi connectivity index (χ1n) is 8.14. The van der Waals surface area contributed by atoms with Crippen molar-refractivity contribution in [3.05, 3.63) is 47.7 Å². The van der Waals surface area contributed by atoms with E-state index in [1.54, 1.807) is 0 Å². The fourth-order valence-corrected chi connectivity index (χ4v) is 4.39. The van der Waals surface area contributed by atoms with E-state index in [9.17, 15) is 30.4 Å². The maximum Gasteiger partial charge on any atom is 0.501 e. The monoisotopic (exact) mass is 417 g/mol. The summed E-state index contributed by atoms with van der Waals surface area (Å²) in [5, 5.41) is 6.04. The number of aryl methyl sites for hydroxylation is 1. The standard InChI is InChI=1S/C17H12F5N3O2S/c18-10-6-9-2-1-5-25(16(9)12(19)7-10)13-3-4-14(15-11(13)8-23-24-15)28(26,27)17(20,21)22/h3-4,6-8H,1-2,5H2,(H,23,24). The number of nitrogens with one attached hydrogen (secondary N) is 1. The van der Waals surface area contributed by atoms with Crippen LogP contribution >= 0.6 is 0 Å². The van der Waals surface area contributed by atoms with Gasteiger partial charge in [0.15, 0.2) is 0 Å². The zero-order valence-corrected chi connectivity index (χ0v) is 14.8. The summed E-state index contributed by atoms with van der Waals surface area (Å²) in [6, 6.07) is 3.93. The van der Waals surface area contributed by atoms with Crippen molar-refractivity contribution in [2.45, 2.75) is 23.2 Å². The summed E-state index contributed by atoms with van der Waals surface area (Å²) in [4.78, 5) is 0.531. The average Bonchev–Trinajstić information content (AvgIpc) is 3.08. The minimum absolute atomic E-state index is 0.0851. The van der Waals surface area contributed by atoms with Crippen molar-refractivity contribution in [1.82, 2.24) is 10.2 Å². The molecule has 0 radical (unpaired) electrons. The summed E-state index contributed by atoms with van der Waals surface area (Å²) in [6.07, 6.45) is 2.17. The van der Waals surface area contributed by atoms with Gasteiger partial charge in [-0.1, -0.05) is 0 Å². The highest BCUT2D eigenvalue weighted by molar-refractivity contribution is 7.92. The number of aromatic nitrogens is 2. The van der Waals surface area contributed by atoms with Crippen LogP contribution in [-0.2, 0) is 16.3 Å². The summed E-state index contributed by atoms with van der Waals surface area (Å²) >= 11 is 0. The highest BCUT2D eigenvalue weighted by atomic mass is 32.2. The maximum absolute atomic E-state index is 14.5. The Kier molecular flexibility index (Phi) is 4.11. The summed E-state index contributed by atoms with van der Waals surface area (Å²) in [6.45, 7) is 0.321. The molecule has 28 heavy (non-hydrogen) atoms. The molecule has 0 saturated carbocycles. The third-order valence-electron chi connectivity index (χ3n) is 4.64. The lowest BCUT2D eigenvalue weighted by Gasteiger charge is -2.32. The average molecular weight is 417 g/mol. The van der Waals surface area contributed by atoms with Crippen molar-refractivity contribution < 1.29 is 30.4 Å². The van der Waals surface area contributed by atoms with E-state index in [4.69, 9.17) is 0 Å². The summed E-state index contributed by atoms with van der Waals surface area (Å²) in [7, 11) is -5.61. The summed E-state index contributed by atoms with van der Waals surface area (Å²) in [5.41, 5.74) is -5.00. The zero-order chi connectivity index (χ0) is 20.3. The number of alkyl halides is 3. The first-order valence-corrected chi connectivity index (χ1v) is 9.62. The zero-order valence-electron chi connectivity index (χ0n) is 14.0. The number of nitrogens with zero attached hydrogens (tertiary/aromatic N) is 2. The van der Waals surface area contributed by atoms with Crippen molar-refractivity contribution >= 4 is 32.1 Å². The van der Waals surface area contributed by atoms with Gasteiger partial charge in [-0.15, -0.1) is 0 Å². The first-order chi connectivity index (χ1) is 13.1. The Morgan fingerprint density at radius 3 is 2.61 bits per heavy atom. The van der Waals surface area contributed by atoms with Gasteiger partial charge in [0.1, 0.15) is 16.5 Å². The van der Waals surface area contributed by atoms with E-state index in [0.29, 0.717) is 24.9 Å². The largest absolute Gasteiger partial charge is 0.501 e. The fraction of sp³-hybridized carbons (Fsp3) is 0.235. The molecule has 1 aliphatic heterocycles. The molecule has 148 valence electrons. The van der Waals surface area contributed by atoms with Gasteiger partial charge in [-0.2, -0.15) is 18.3 Å². The van der Waals surface area contributed by atoms with Gasteiger partial charge < -0.3 is 4.90 Å². The number of hydrogen-bond donors (Lipinski definition) is 1. The number of benzene rings is 2. The van der Waals surface area contributed by atoms with Crippen molar-refractivity contribution in [1.29, 1.82) is 0 Å². The van der Waals surface area contributed by atoms with Gasteiger partial charge in [0.2, 0.25) is 0 Å². The van der Waals surface area contributed by atoms with Gasteiger partial charge in [0.25, 0.3) is 9.84 Å². The predicted molar refractivity (Wildman–Crippen MR) is 91.0 cm³/mol. The van der Waals surface area contributed by atoms with Crippen molar-refractivity contribution in [3.8, 4) is 0 Å². The van der Waals surface area contributed by atoms with Gasteiger partial charge in [0.05, 0.1) is 23.1 Å². The number of hydrogen-bond acceptors (Lipinski definition) is 4. The molecule has 2 aromatic carbocycles. The van der Waals surface area contributed by atoms with Crippen LogP contribution in [0.15, 0.2) is 35.4 Å². The van der Waals surface area contributed by atoms with Crippen LogP contribution in [0.2, 0.25) is 0 Å². The lowest BCUT2D eigenvalue weighted by Crippen LogP contribution is -2.27. The van der Waals surface area contributed by atoms with Crippen molar-refractivity contribution in [2.24, 2.45) is 0 Å². The lowest BCUT2D eigenvalue weighted by atomic mass is 9.99. The second-order valence-electron chi connectivity index (χ2n) is 6.34. The Labute approximate surface area is 155 Å². The molecule has 0 fully saturated rings. The first kappa shape index (κ1) is 18.7. The van der Waals surface area contributed by atoms with Gasteiger partial charge in [-0.05, 0) is 36.6 Å².